The van der Waals surface area contributed by atoms with Gasteiger partial charge in [-0.05, 0) is 57.2 Å². The first kappa shape index (κ1) is 41.9. The van der Waals surface area contributed by atoms with E-state index < -0.39 is 47.8 Å². The number of amides is 1. The van der Waals surface area contributed by atoms with Crippen molar-refractivity contribution in [3.63, 3.8) is 0 Å². The number of hydrogen-bond donors (Lipinski definition) is 4. The van der Waals surface area contributed by atoms with E-state index in [1.54, 1.807) is 38.1 Å². The van der Waals surface area contributed by atoms with Gasteiger partial charge in [-0.15, -0.1) is 5.92 Å². The van der Waals surface area contributed by atoms with Crippen molar-refractivity contribution in [2.45, 2.75) is 122 Å². The van der Waals surface area contributed by atoms with Crippen LogP contribution in [0.25, 0.3) is 0 Å². The molecule has 0 fully saturated rings. The lowest BCUT2D eigenvalue weighted by Crippen LogP contribution is -2.55. The summed E-state index contributed by atoms with van der Waals surface area (Å²) >= 11 is 0. The predicted molar refractivity (Wildman–Crippen MR) is 181 cm³/mol. The molecular weight excluding hydrogens is 618 g/mol. The number of allylic oxidation sites excluding steroid dienone is 1. The quantitative estimate of drug-likeness (QED) is 0.0431. The third-order valence-corrected chi connectivity index (χ3v) is 7.79. The normalized spacial score (nSPS) is 13.4. The molecule has 0 bridgehead atoms. The van der Waals surface area contributed by atoms with Crippen LogP contribution in [0.4, 0.5) is 0 Å². The molecule has 0 heterocycles. The lowest BCUT2D eigenvalue weighted by molar-refractivity contribution is -0.172. The van der Waals surface area contributed by atoms with Crippen molar-refractivity contribution in [1.82, 2.24) is 5.32 Å². The molecule has 1 rings (SSSR count). The van der Waals surface area contributed by atoms with Gasteiger partial charge >= 0.3 is 17.9 Å². The van der Waals surface area contributed by atoms with Crippen LogP contribution < -0.4 is 10.1 Å². The van der Waals surface area contributed by atoms with Crippen molar-refractivity contribution in [1.29, 1.82) is 0 Å². The fourth-order valence-corrected chi connectivity index (χ4v) is 5.08. The number of carbonyl (C=O) groups excluding carboxylic acids is 3. The average molecular weight is 672 g/mol. The predicted octanol–water partition coefficient (Wildman–Crippen LogP) is 5.41. The zero-order valence-corrected chi connectivity index (χ0v) is 28.6. The molecule has 4 N–H and O–H groups in total. The topological polar surface area (TPSA) is 177 Å². The van der Waals surface area contributed by atoms with Crippen molar-refractivity contribution >= 4 is 29.6 Å². The van der Waals surface area contributed by atoms with Crippen LogP contribution >= 0.6 is 0 Å². The summed E-state index contributed by atoms with van der Waals surface area (Å²) in [4.78, 5) is 62.2. The maximum atomic E-state index is 13.5. The molecule has 11 heteroatoms. The minimum atomic E-state index is -2.98. The standard InChI is InChI=1S/C37H53NO10/c1-4-7-9-12-15-18-29(39)19-16-13-10-11-14-17-20-31(37(46,36(44)45)27-33(40)41)34(42)38-32(35(43)47-6-3)26-28-21-23-30(24-22-28)48-25-8-5-2/h17,20-24,31-32,46H,4,6-7,9-16,18-19,25-27H2,1-3H3,(H,38,42)(H,40,41)(H,44,45)/b20-17+/t31-,32+,37+/m1/s1. The van der Waals surface area contributed by atoms with Gasteiger partial charge in [0, 0.05) is 19.3 Å². The largest absolute Gasteiger partial charge is 0.481 e. The van der Waals surface area contributed by atoms with Crippen molar-refractivity contribution in [3.05, 3.63) is 42.0 Å². The number of unbranched alkanes of at least 4 members (excludes halogenated alkanes) is 8. The van der Waals surface area contributed by atoms with E-state index in [0.717, 1.165) is 38.5 Å². The summed E-state index contributed by atoms with van der Waals surface area (Å²) in [6.07, 6.45) is 11.6. The second-order valence-corrected chi connectivity index (χ2v) is 11.7. The molecule has 11 nitrogen and oxygen atoms in total. The molecular formula is C37H53NO10. The maximum Gasteiger partial charge on any atom is 0.337 e. The fraction of sp³-hybridized carbons (Fsp3) is 0.595. The smallest absolute Gasteiger partial charge is 0.337 e. The Hall–Kier alpha value is -4.17. The Kier molecular flexibility index (Phi) is 21.0. The highest BCUT2D eigenvalue weighted by molar-refractivity contribution is 5.94. The van der Waals surface area contributed by atoms with Crippen molar-refractivity contribution in [2.75, 3.05) is 13.2 Å². The van der Waals surface area contributed by atoms with E-state index in [-0.39, 0.29) is 25.4 Å². The molecule has 0 saturated heterocycles. The van der Waals surface area contributed by atoms with Gasteiger partial charge in [0.25, 0.3) is 0 Å². The Morgan fingerprint density at radius 3 is 2.10 bits per heavy atom. The molecule has 0 aliphatic heterocycles. The molecule has 0 saturated carbocycles. The molecule has 0 aromatic heterocycles. The van der Waals surface area contributed by atoms with Gasteiger partial charge in [0.05, 0.1) is 18.9 Å². The van der Waals surface area contributed by atoms with E-state index in [4.69, 9.17) is 9.47 Å². The monoisotopic (exact) mass is 671 g/mol. The number of ether oxygens (including phenoxy) is 2. The summed E-state index contributed by atoms with van der Waals surface area (Å²) in [6.45, 7) is 5.66. The second-order valence-electron chi connectivity index (χ2n) is 11.7. The summed E-state index contributed by atoms with van der Waals surface area (Å²) in [5, 5.41) is 32.7. The van der Waals surface area contributed by atoms with Crippen LogP contribution in [0.15, 0.2) is 36.4 Å². The number of Topliss-reactive ketones (excluding diaryl/α,β-unsaturated/α-hetero) is 1. The minimum absolute atomic E-state index is 0.0189. The molecule has 266 valence electrons. The average Bonchev–Trinajstić information content (AvgIpc) is 3.04. The Balaban J connectivity index is 2.93. The summed E-state index contributed by atoms with van der Waals surface area (Å²) in [6, 6.07) is 5.46. The highest BCUT2D eigenvalue weighted by atomic mass is 16.5. The number of carboxylic acids is 2. The zero-order valence-electron chi connectivity index (χ0n) is 28.6. The Bertz CT molecular complexity index is 1250. The molecule has 0 spiro atoms. The number of carbonyl (C=O) groups is 5. The van der Waals surface area contributed by atoms with Crippen LogP contribution in [-0.2, 0) is 35.1 Å². The lowest BCUT2D eigenvalue weighted by atomic mass is 9.82. The number of carboxylic acid groups (broad SMARTS) is 2. The highest BCUT2D eigenvalue weighted by Gasteiger charge is 2.49. The number of ketones is 1. The van der Waals surface area contributed by atoms with Gasteiger partial charge < -0.3 is 30.1 Å². The Morgan fingerprint density at radius 1 is 0.917 bits per heavy atom. The number of aliphatic hydroxyl groups is 1. The Morgan fingerprint density at radius 2 is 1.54 bits per heavy atom. The molecule has 0 aliphatic rings. The first-order valence-corrected chi connectivity index (χ1v) is 16.9. The lowest BCUT2D eigenvalue weighted by Gasteiger charge is -2.29. The van der Waals surface area contributed by atoms with E-state index in [2.05, 4.69) is 24.1 Å². The maximum absolute atomic E-state index is 13.5. The van der Waals surface area contributed by atoms with Gasteiger partial charge in [-0.25, -0.2) is 9.59 Å². The van der Waals surface area contributed by atoms with E-state index >= 15 is 0 Å². The molecule has 0 unspecified atom stereocenters. The SMILES string of the molecule is CC#CCOc1ccc(C[C@H](NC(=O)[C@@H](/C=C/CCCCCCC(=O)CCCCCCC)[C@@](O)(CC(=O)O)C(=O)O)C(=O)OCC)cc1. The number of rotatable bonds is 26. The summed E-state index contributed by atoms with van der Waals surface area (Å²) < 4.78 is 10.6. The summed E-state index contributed by atoms with van der Waals surface area (Å²) in [7, 11) is 0. The zero-order chi connectivity index (χ0) is 35.8. The molecule has 48 heavy (non-hydrogen) atoms. The van der Waals surface area contributed by atoms with Gasteiger partial charge in [0.1, 0.15) is 24.2 Å². The number of benzene rings is 1. The van der Waals surface area contributed by atoms with E-state index in [9.17, 15) is 39.3 Å². The summed E-state index contributed by atoms with van der Waals surface area (Å²) in [5.41, 5.74) is -2.36. The van der Waals surface area contributed by atoms with E-state index in [1.165, 1.54) is 25.0 Å². The van der Waals surface area contributed by atoms with Crippen LogP contribution in [0.3, 0.4) is 0 Å². The van der Waals surface area contributed by atoms with Crippen LogP contribution in [-0.4, -0.2) is 69.8 Å². The fourth-order valence-electron chi connectivity index (χ4n) is 5.08. The van der Waals surface area contributed by atoms with Crippen molar-refractivity contribution in [3.8, 4) is 17.6 Å². The second kappa shape index (κ2) is 24.0. The van der Waals surface area contributed by atoms with Crippen LogP contribution in [0.1, 0.15) is 110 Å². The first-order chi connectivity index (χ1) is 23.0. The van der Waals surface area contributed by atoms with Gasteiger partial charge in [-0.3, -0.25) is 14.4 Å². The minimum Gasteiger partial charge on any atom is -0.481 e. The molecule has 1 amide bonds. The molecule has 0 radical (unpaired) electrons. The molecule has 1 aromatic rings. The number of hydrogen-bond acceptors (Lipinski definition) is 8. The van der Waals surface area contributed by atoms with E-state index in [0.29, 0.717) is 37.0 Å². The Labute approximate surface area is 284 Å². The van der Waals surface area contributed by atoms with Gasteiger partial charge in [-0.1, -0.05) is 75.7 Å². The number of esters is 1. The number of aliphatic carboxylic acids is 2. The molecule has 3 atom stereocenters. The summed E-state index contributed by atoms with van der Waals surface area (Å²) in [5.74, 6) is -0.819. The van der Waals surface area contributed by atoms with Crippen LogP contribution in [0.2, 0.25) is 0 Å². The van der Waals surface area contributed by atoms with Crippen molar-refractivity contribution < 1.29 is 48.8 Å². The first-order valence-electron chi connectivity index (χ1n) is 16.9. The van der Waals surface area contributed by atoms with Crippen molar-refractivity contribution in [2.24, 2.45) is 5.92 Å². The number of nitrogens with one attached hydrogen (secondary N) is 1. The third-order valence-electron chi connectivity index (χ3n) is 7.79. The third kappa shape index (κ3) is 16.6. The van der Waals surface area contributed by atoms with Crippen LogP contribution in [0, 0.1) is 17.8 Å². The highest BCUT2D eigenvalue weighted by Crippen LogP contribution is 2.26. The molecule has 1 aromatic carbocycles. The van der Waals surface area contributed by atoms with Gasteiger partial charge in [0.15, 0.2) is 5.60 Å². The van der Waals surface area contributed by atoms with Gasteiger partial charge in [0.2, 0.25) is 5.91 Å². The van der Waals surface area contributed by atoms with E-state index in [1.807, 2.05) is 0 Å². The van der Waals surface area contributed by atoms with Crippen LogP contribution in [0.5, 0.6) is 5.75 Å². The molecule has 0 aliphatic carbocycles. The van der Waals surface area contributed by atoms with Gasteiger partial charge in [-0.2, -0.15) is 0 Å².